The molecule has 0 amide bonds. The van der Waals surface area contributed by atoms with E-state index in [1.54, 1.807) is 0 Å². The van der Waals surface area contributed by atoms with Crippen LogP contribution in [0.5, 0.6) is 0 Å². The van der Waals surface area contributed by atoms with E-state index in [-0.39, 0.29) is 35.5 Å². The summed E-state index contributed by atoms with van der Waals surface area (Å²) >= 11 is 0. The maximum atomic E-state index is 11.9. The van der Waals surface area contributed by atoms with Crippen molar-refractivity contribution >= 4 is 23.1 Å². The van der Waals surface area contributed by atoms with Gasteiger partial charge in [0.1, 0.15) is 0 Å². The predicted octanol–water partition coefficient (Wildman–Crippen LogP) is -0.489. The first-order chi connectivity index (χ1) is 5.00. The second-order valence-electron chi connectivity index (χ2n) is 2.20. The van der Waals surface area contributed by atoms with E-state index in [4.69, 9.17) is 0 Å². The van der Waals surface area contributed by atoms with Gasteiger partial charge in [-0.25, -0.2) is 0 Å². The molecule has 1 rings (SSSR count). The summed E-state index contributed by atoms with van der Waals surface area (Å²) in [4.78, 5) is 0. The second-order valence-corrected chi connectivity index (χ2v) is 2.20. The van der Waals surface area contributed by atoms with Crippen molar-refractivity contribution in [1.82, 2.24) is 0 Å². The van der Waals surface area contributed by atoms with Crippen LogP contribution in [0.15, 0.2) is 24.3 Å². The van der Waals surface area contributed by atoms with Crippen LogP contribution in [-0.2, 0) is 6.18 Å². The zero-order chi connectivity index (χ0) is 8.48. The summed E-state index contributed by atoms with van der Waals surface area (Å²) in [7, 11) is 0. The molecule has 1 aromatic carbocycles. The van der Waals surface area contributed by atoms with Gasteiger partial charge in [0.25, 0.3) is 0 Å². The van der Waals surface area contributed by atoms with Crippen molar-refractivity contribution in [1.29, 1.82) is 0 Å². The quantitative estimate of drug-likeness (QED) is 0.408. The van der Waals surface area contributed by atoms with Gasteiger partial charge in [-0.3, -0.25) is 0 Å². The number of alkyl halides is 3. The summed E-state index contributed by atoms with van der Waals surface area (Å²) < 4.78 is 35.8. The summed E-state index contributed by atoms with van der Waals surface area (Å²) in [5.41, 5.74) is -0.273. The minimum atomic E-state index is -4.26. The fraction of sp³-hybridized carbons (Fsp3) is 0.125. The first-order valence-corrected chi connectivity index (χ1v) is 2.99. The summed E-state index contributed by atoms with van der Waals surface area (Å²) in [6.45, 7) is 3.39. The van der Waals surface area contributed by atoms with Crippen molar-refractivity contribution < 1.29 is 25.6 Å². The van der Waals surface area contributed by atoms with Gasteiger partial charge in [-0.2, -0.15) is 37.8 Å². The molecule has 1 aromatic rings. The zero-order valence-corrected chi connectivity index (χ0v) is 8.91. The third-order valence-electron chi connectivity index (χ3n) is 1.25. The van der Waals surface area contributed by atoms with Crippen LogP contribution >= 0.6 is 0 Å². The van der Waals surface area contributed by atoms with Gasteiger partial charge in [0.15, 0.2) is 0 Å². The number of rotatable bonds is 0. The SMILES string of the molecule is [CH2-]c1cccc(C(F)(F)F)c1.[Cl-].[Mg+2]. The van der Waals surface area contributed by atoms with Crippen LogP contribution in [0.4, 0.5) is 13.2 Å². The van der Waals surface area contributed by atoms with Gasteiger partial charge in [-0.15, -0.1) is 6.07 Å². The van der Waals surface area contributed by atoms with E-state index >= 15 is 0 Å². The molecule has 68 valence electrons. The summed E-state index contributed by atoms with van der Waals surface area (Å²) in [6.07, 6.45) is -4.26. The molecule has 5 heteroatoms. The Morgan fingerprint density at radius 3 is 2.00 bits per heavy atom. The Morgan fingerprint density at radius 1 is 1.15 bits per heavy atom. The Labute approximate surface area is 97.1 Å². The molecule has 0 atom stereocenters. The molecular weight excluding hydrogens is 213 g/mol. The number of hydrogen-bond acceptors (Lipinski definition) is 0. The van der Waals surface area contributed by atoms with Gasteiger partial charge in [0, 0.05) is 0 Å². The molecule has 0 aliphatic carbocycles. The third kappa shape index (κ3) is 4.64. The summed E-state index contributed by atoms with van der Waals surface area (Å²) in [5.74, 6) is 0. The molecule has 0 spiro atoms. The van der Waals surface area contributed by atoms with Crippen LogP contribution in [0, 0.1) is 6.92 Å². The zero-order valence-electron chi connectivity index (χ0n) is 6.74. The second kappa shape index (κ2) is 5.62. The molecule has 0 saturated carbocycles. The predicted molar refractivity (Wildman–Crippen MR) is 41.7 cm³/mol. The topological polar surface area (TPSA) is 0 Å². The molecule has 0 heterocycles. The molecule has 0 unspecified atom stereocenters. The third-order valence-corrected chi connectivity index (χ3v) is 1.25. The monoisotopic (exact) mass is 218 g/mol. The molecule has 0 aromatic heterocycles. The van der Waals surface area contributed by atoms with Crippen molar-refractivity contribution in [3.05, 3.63) is 42.3 Å². The molecular formula is C8H6ClF3Mg. The summed E-state index contributed by atoms with van der Waals surface area (Å²) in [5, 5.41) is 0. The molecule has 0 bridgehead atoms. The van der Waals surface area contributed by atoms with E-state index in [1.807, 2.05) is 0 Å². The van der Waals surface area contributed by atoms with Crippen LogP contribution in [0.3, 0.4) is 0 Å². The van der Waals surface area contributed by atoms with E-state index in [0.29, 0.717) is 5.56 Å². The van der Waals surface area contributed by atoms with Crippen LogP contribution in [0.2, 0.25) is 0 Å². The van der Waals surface area contributed by atoms with Crippen LogP contribution < -0.4 is 12.4 Å². The Balaban J connectivity index is 0. The molecule has 0 saturated heterocycles. The minimum absolute atomic E-state index is 0. The number of halogens is 4. The van der Waals surface area contributed by atoms with E-state index < -0.39 is 11.7 Å². The first kappa shape index (κ1) is 15.4. The van der Waals surface area contributed by atoms with Crippen molar-refractivity contribution in [3.63, 3.8) is 0 Å². The number of benzene rings is 1. The standard InChI is InChI=1S/C8H6F3.ClH.Mg/c1-6-3-2-4-7(5-6)8(9,10)11;;/h2-5H,1H2;1H;/q-1;;+2/p-1. The summed E-state index contributed by atoms with van der Waals surface area (Å²) in [6, 6.07) is 4.90. The molecule has 0 aliphatic heterocycles. The maximum absolute atomic E-state index is 11.9. The maximum Gasteiger partial charge on any atom is 2.00 e. The first-order valence-electron chi connectivity index (χ1n) is 2.99. The Kier molecular flexibility index (Phi) is 6.66. The van der Waals surface area contributed by atoms with Crippen LogP contribution in [-0.4, -0.2) is 23.1 Å². The van der Waals surface area contributed by atoms with Crippen molar-refractivity contribution in [2.45, 2.75) is 6.18 Å². The van der Waals surface area contributed by atoms with E-state index in [0.717, 1.165) is 12.1 Å². The van der Waals surface area contributed by atoms with E-state index in [2.05, 4.69) is 6.92 Å². The normalized spacial score (nSPS) is 9.77. The van der Waals surface area contributed by atoms with Crippen molar-refractivity contribution in [2.75, 3.05) is 0 Å². The number of hydrogen-bond donors (Lipinski definition) is 0. The Morgan fingerprint density at radius 2 is 1.69 bits per heavy atom. The Hall–Kier alpha value is -0.0638. The van der Waals surface area contributed by atoms with E-state index in [1.165, 1.54) is 12.1 Å². The largest absolute Gasteiger partial charge is 2.00 e. The fourth-order valence-corrected chi connectivity index (χ4v) is 0.748. The van der Waals surface area contributed by atoms with Crippen molar-refractivity contribution in [3.8, 4) is 0 Å². The molecule has 0 aliphatic rings. The Bertz CT molecular complexity index is 260. The molecule has 13 heavy (non-hydrogen) atoms. The fourth-order valence-electron chi connectivity index (χ4n) is 0.748. The molecule has 0 nitrogen and oxygen atoms in total. The molecule has 0 N–H and O–H groups in total. The van der Waals surface area contributed by atoms with Gasteiger partial charge in [0.2, 0.25) is 0 Å². The van der Waals surface area contributed by atoms with Crippen LogP contribution in [0.25, 0.3) is 0 Å². The van der Waals surface area contributed by atoms with Gasteiger partial charge in [-0.05, 0) is 5.56 Å². The van der Waals surface area contributed by atoms with Gasteiger partial charge >= 0.3 is 29.2 Å². The average molecular weight is 219 g/mol. The van der Waals surface area contributed by atoms with Gasteiger partial charge < -0.3 is 12.4 Å². The minimum Gasteiger partial charge on any atom is -1.00 e. The van der Waals surface area contributed by atoms with Gasteiger partial charge in [-0.1, -0.05) is 6.07 Å². The average Bonchev–Trinajstić information content (AvgIpc) is 1.86. The molecule has 0 radical (unpaired) electrons. The van der Waals surface area contributed by atoms with E-state index in [9.17, 15) is 13.2 Å². The smallest absolute Gasteiger partial charge is 1.00 e. The van der Waals surface area contributed by atoms with Gasteiger partial charge in [0.05, 0.1) is 0 Å². The van der Waals surface area contributed by atoms with Crippen LogP contribution in [0.1, 0.15) is 11.1 Å². The molecule has 0 fully saturated rings. The van der Waals surface area contributed by atoms with Crippen molar-refractivity contribution in [2.24, 2.45) is 0 Å².